The van der Waals surface area contributed by atoms with Crippen LogP contribution in [0.2, 0.25) is 0 Å². The molecule has 2 fully saturated rings. The van der Waals surface area contributed by atoms with Crippen molar-refractivity contribution in [2.45, 2.75) is 143 Å². The smallest absolute Gasteiger partial charge is 0.431 e. The summed E-state index contributed by atoms with van der Waals surface area (Å²) >= 11 is 0. The van der Waals surface area contributed by atoms with Gasteiger partial charge >= 0.3 is 32.0 Å². The van der Waals surface area contributed by atoms with E-state index in [1.165, 1.54) is 14.0 Å². The Morgan fingerprint density at radius 1 is 0.822 bits per heavy atom. The Hall–Kier alpha value is -2.41. The minimum Gasteiger partial charge on any atom is -0.431 e. The normalized spacial score (nSPS) is 20.9. The van der Waals surface area contributed by atoms with Gasteiger partial charge in [0.25, 0.3) is 0 Å². The molecule has 0 bridgehead atoms. The molecule has 15 heteroatoms. The molecule has 45 heavy (non-hydrogen) atoms. The fourth-order valence-corrected chi connectivity index (χ4v) is 6.63. The zero-order valence-corrected chi connectivity index (χ0v) is 29.0. The van der Waals surface area contributed by atoms with Crippen LogP contribution in [-0.2, 0) is 42.2 Å². The van der Waals surface area contributed by atoms with Crippen LogP contribution in [0.15, 0.2) is 4.76 Å². The minimum atomic E-state index is -4.77. The highest BCUT2D eigenvalue weighted by atomic mass is 31.2. The number of hydroxylamine groups is 3. The predicted octanol–water partition coefficient (Wildman–Crippen LogP) is 7.10. The van der Waals surface area contributed by atoms with Gasteiger partial charge in [-0.1, -0.05) is 58.5 Å². The molecule has 3 unspecified atom stereocenters. The Bertz CT molecular complexity index is 977. The quantitative estimate of drug-likeness (QED) is 0.0380. The number of unbranched alkanes of at least 4 members (excludes halogenated alkanes) is 1. The first-order chi connectivity index (χ1) is 21.2. The lowest BCUT2D eigenvalue weighted by Crippen LogP contribution is -2.54. The summed E-state index contributed by atoms with van der Waals surface area (Å²) in [6, 6.07) is 0. The molecule has 0 aromatic rings. The van der Waals surface area contributed by atoms with E-state index in [0.717, 1.165) is 70.6 Å². The molecular formula is C30H55N3O11P+. The molecule has 0 saturated heterocycles. The van der Waals surface area contributed by atoms with Crippen molar-refractivity contribution in [2.75, 3.05) is 13.6 Å². The lowest BCUT2D eigenvalue weighted by atomic mass is 9.98. The number of hydrogen-bond acceptors (Lipinski definition) is 11. The van der Waals surface area contributed by atoms with Crippen LogP contribution in [0.3, 0.4) is 0 Å². The summed E-state index contributed by atoms with van der Waals surface area (Å²) in [6.45, 7) is 10.1. The summed E-state index contributed by atoms with van der Waals surface area (Å²) in [7, 11) is -3.29. The SMILES string of the molecule is CCCC[N+](C)(OC(C)=O)C(N)=NP(=O)(OC(OC(=O)OC1CCCCC1)C(C)C)OC(OC(=O)OC1CCCCC1)C(C)C. The van der Waals surface area contributed by atoms with Crippen molar-refractivity contribution in [3.05, 3.63) is 0 Å². The van der Waals surface area contributed by atoms with E-state index in [2.05, 4.69) is 4.76 Å². The standard InChI is InChI=1S/C30H55N3O11P/c1-8-9-20-33(7,42-23(6)34)28(31)32-45(37,43-26(21(2)3)40-29(35)38-24-16-12-10-13-17-24)44-27(22(4)5)41-30(36)39-25-18-14-11-15-19-25/h21-22,24-27H,8-20H2,1-7H3,(H2,31,32,37)/q+1. The van der Waals surface area contributed by atoms with E-state index in [-0.39, 0.29) is 18.8 Å². The van der Waals surface area contributed by atoms with E-state index in [1.54, 1.807) is 27.7 Å². The van der Waals surface area contributed by atoms with Crippen molar-refractivity contribution in [1.29, 1.82) is 0 Å². The van der Waals surface area contributed by atoms with Crippen LogP contribution in [-0.4, -0.2) is 67.3 Å². The zero-order chi connectivity index (χ0) is 33.6. The molecule has 2 N–H and O–H groups in total. The van der Waals surface area contributed by atoms with Crippen molar-refractivity contribution < 1.29 is 56.4 Å². The Kier molecular flexibility index (Phi) is 16.1. The van der Waals surface area contributed by atoms with Crippen LogP contribution in [0.1, 0.15) is 119 Å². The Morgan fingerprint density at radius 3 is 1.60 bits per heavy atom. The number of carbonyl (C=O) groups is 3. The van der Waals surface area contributed by atoms with Gasteiger partial charge in [-0.05, 0) is 51.4 Å². The summed E-state index contributed by atoms with van der Waals surface area (Å²) in [6.07, 6.45) is 4.67. The maximum atomic E-state index is 14.5. The highest BCUT2D eigenvalue weighted by Gasteiger charge is 2.43. The van der Waals surface area contributed by atoms with Crippen molar-refractivity contribution in [3.8, 4) is 0 Å². The van der Waals surface area contributed by atoms with Crippen LogP contribution >= 0.6 is 7.75 Å². The molecule has 2 aliphatic rings. The minimum absolute atomic E-state index is 0.209. The van der Waals surface area contributed by atoms with Crippen LogP contribution in [0.5, 0.6) is 0 Å². The maximum absolute atomic E-state index is 14.5. The molecule has 260 valence electrons. The summed E-state index contributed by atoms with van der Waals surface area (Å²) in [4.78, 5) is 42.9. The molecule has 0 heterocycles. The second-order valence-electron chi connectivity index (χ2n) is 12.6. The summed E-state index contributed by atoms with van der Waals surface area (Å²) in [5.41, 5.74) is 6.33. The zero-order valence-electron chi connectivity index (χ0n) is 28.1. The molecule has 14 nitrogen and oxygen atoms in total. The summed E-state index contributed by atoms with van der Waals surface area (Å²) < 4.78 is 51.4. The van der Waals surface area contributed by atoms with Gasteiger partial charge in [-0.3, -0.25) is 4.84 Å². The molecule has 0 radical (unpaired) electrons. The van der Waals surface area contributed by atoms with E-state index in [0.29, 0.717) is 6.42 Å². The summed E-state index contributed by atoms with van der Waals surface area (Å²) in [5, 5.41) is 0. The predicted molar refractivity (Wildman–Crippen MR) is 165 cm³/mol. The first-order valence-corrected chi connectivity index (χ1v) is 17.8. The van der Waals surface area contributed by atoms with E-state index < -0.39 is 61.0 Å². The third kappa shape index (κ3) is 13.9. The van der Waals surface area contributed by atoms with Crippen molar-refractivity contribution >= 4 is 32.0 Å². The molecule has 2 rings (SSSR count). The van der Waals surface area contributed by atoms with Gasteiger partial charge in [0.05, 0.1) is 0 Å². The van der Waals surface area contributed by atoms with E-state index in [4.69, 9.17) is 38.6 Å². The molecule has 0 aliphatic heterocycles. The van der Waals surface area contributed by atoms with Gasteiger partial charge in [0.15, 0.2) is 0 Å². The van der Waals surface area contributed by atoms with Gasteiger partial charge in [-0.15, -0.1) is 4.76 Å². The monoisotopic (exact) mass is 664 g/mol. The number of nitrogens with two attached hydrogens (primary N) is 1. The van der Waals surface area contributed by atoms with Gasteiger partial charge in [-0.2, -0.15) is 0 Å². The van der Waals surface area contributed by atoms with Gasteiger partial charge in [-0.25, -0.2) is 28.0 Å². The number of quaternary nitrogens is 1. The van der Waals surface area contributed by atoms with Gasteiger partial charge < -0.3 is 24.7 Å². The topological polar surface area (TPSA) is 171 Å². The fourth-order valence-electron chi connectivity index (χ4n) is 4.95. The van der Waals surface area contributed by atoms with Crippen molar-refractivity contribution in [1.82, 2.24) is 0 Å². The number of carbonyl (C=O) groups excluding carboxylic acids is 3. The number of ether oxygens (including phenoxy) is 4. The number of nitrogens with zero attached hydrogens (tertiary/aromatic N) is 2. The third-order valence-corrected chi connectivity index (χ3v) is 8.99. The lowest BCUT2D eigenvalue weighted by Gasteiger charge is -2.31. The first-order valence-electron chi connectivity index (χ1n) is 16.3. The molecular weight excluding hydrogens is 609 g/mol. The average molecular weight is 665 g/mol. The Labute approximate surface area is 267 Å². The molecule has 0 aromatic heterocycles. The Balaban J connectivity index is 2.38. The summed E-state index contributed by atoms with van der Waals surface area (Å²) in [5.74, 6) is -2.13. The number of guanidine groups is 1. The van der Waals surface area contributed by atoms with Crippen molar-refractivity contribution in [3.63, 3.8) is 0 Å². The molecule has 0 aromatic carbocycles. The lowest BCUT2D eigenvalue weighted by molar-refractivity contribution is -1.00. The molecule has 2 saturated carbocycles. The van der Waals surface area contributed by atoms with Gasteiger partial charge in [0.1, 0.15) is 25.8 Å². The molecule has 3 atom stereocenters. The second-order valence-corrected chi connectivity index (χ2v) is 14.2. The van der Waals surface area contributed by atoms with E-state index in [1.807, 2.05) is 6.92 Å². The number of rotatable bonds is 14. The highest BCUT2D eigenvalue weighted by Crippen LogP contribution is 2.54. The van der Waals surface area contributed by atoms with Crippen LogP contribution in [0.4, 0.5) is 9.59 Å². The van der Waals surface area contributed by atoms with Crippen molar-refractivity contribution in [2.24, 2.45) is 22.3 Å². The fraction of sp³-hybridized carbons (Fsp3) is 0.867. The first kappa shape index (κ1) is 38.8. The molecule has 0 amide bonds. The second kappa shape index (κ2) is 18.7. The van der Waals surface area contributed by atoms with Gasteiger partial charge in [0, 0.05) is 25.2 Å². The van der Waals surface area contributed by atoms with Crippen LogP contribution in [0.25, 0.3) is 0 Å². The largest absolute Gasteiger partial charge is 0.510 e. The van der Waals surface area contributed by atoms with Gasteiger partial charge in [0.2, 0.25) is 12.6 Å². The van der Waals surface area contributed by atoms with Crippen LogP contribution < -0.4 is 5.73 Å². The average Bonchev–Trinajstić information content (AvgIpc) is 2.95. The van der Waals surface area contributed by atoms with E-state index >= 15 is 0 Å². The third-order valence-electron chi connectivity index (χ3n) is 7.60. The maximum Gasteiger partial charge on any atom is 0.510 e. The van der Waals surface area contributed by atoms with Crippen LogP contribution in [0, 0.1) is 11.8 Å². The highest BCUT2D eigenvalue weighted by molar-refractivity contribution is 7.52. The Morgan fingerprint density at radius 2 is 1.24 bits per heavy atom. The molecule has 0 spiro atoms. The van der Waals surface area contributed by atoms with E-state index in [9.17, 15) is 18.9 Å². The molecule has 2 aliphatic carbocycles. The number of hydrogen-bond donors (Lipinski definition) is 1.